The van der Waals surface area contributed by atoms with Gasteiger partial charge in [0.15, 0.2) is 0 Å². The summed E-state index contributed by atoms with van der Waals surface area (Å²) < 4.78 is 7.88. The molecule has 1 amide bonds. The van der Waals surface area contributed by atoms with E-state index in [0.29, 0.717) is 29.6 Å². The van der Waals surface area contributed by atoms with Crippen molar-refractivity contribution in [1.29, 1.82) is 0 Å². The zero-order valence-corrected chi connectivity index (χ0v) is 19.2. The Balaban J connectivity index is 1.43. The van der Waals surface area contributed by atoms with Crippen LogP contribution in [-0.4, -0.2) is 46.3 Å². The fraction of sp³-hybridized carbons (Fsp3) is 0.385. The minimum absolute atomic E-state index is 0.196. The van der Waals surface area contributed by atoms with Gasteiger partial charge in [0.1, 0.15) is 12.4 Å². The van der Waals surface area contributed by atoms with E-state index in [9.17, 15) is 4.79 Å². The number of para-hydroxylation sites is 1. The van der Waals surface area contributed by atoms with Crippen molar-refractivity contribution in [2.75, 3.05) is 25.0 Å². The number of anilines is 1. The van der Waals surface area contributed by atoms with Gasteiger partial charge in [-0.15, -0.1) is 0 Å². The van der Waals surface area contributed by atoms with Crippen LogP contribution in [0.2, 0.25) is 0 Å². The molecule has 2 heterocycles. The number of likely N-dealkylation sites (tertiary alicyclic amines) is 1. The van der Waals surface area contributed by atoms with Crippen LogP contribution >= 0.6 is 0 Å². The van der Waals surface area contributed by atoms with E-state index in [2.05, 4.69) is 28.3 Å². The summed E-state index contributed by atoms with van der Waals surface area (Å²) in [6.45, 7) is 8.84. The highest BCUT2D eigenvalue weighted by Gasteiger charge is 2.19. The number of hydrogen-bond acceptors (Lipinski definition) is 4. The van der Waals surface area contributed by atoms with E-state index in [1.807, 2.05) is 54.9 Å². The Morgan fingerprint density at radius 2 is 2.00 bits per heavy atom. The number of carbonyl (C=O) groups excluding carboxylic acids is 1. The molecule has 0 spiro atoms. The molecule has 3 aromatic rings. The van der Waals surface area contributed by atoms with Gasteiger partial charge in [-0.3, -0.25) is 9.69 Å². The van der Waals surface area contributed by atoms with Gasteiger partial charge in [-0.25, -0.2) is 4.68 Å². The summed E-state index contributed by atoms with van der Waals surface area (Å²) in [5.41, 5.74) is 4.23. The normalized spacial score (nSPS) is 16.7. The fourth-order valence-corrected chi connectivity index (χ4v) is 4.28. The number of rotatable bonds is 7. The molecule has 1 saturated heterocycles. The highest BCUT2D eigenvalue weighted by Crippen LogP contribution is 2.23. The Labute approximate surface area is 190 Å². The molecule has 0 aliphatic carbocycles. The van der Waals surface area contributed by atoms with Crippen molar-refractivity contribution in [3.8, 4) is 11.4 Å². The van der Waals surface area contributed by atoms with Crippen LogP contribution in [-0.2, 0) is 0 Å². The topological polar surface area (TPSA) is 59.4 Å². The highest BCUT2D eigenvalue weighted by molar-refractivity contribution is 6.06. The second-order valence-corrected chi connectivity index (χ2v) is 8.57. The molecule has 0 saturated carbocycles. The zero-order valence-electron chi connectivity index (χ0n) is 19.2. The van der Waals surface area contributed by atoms with E-state index in [1.54, 1.807) is 12.3 Å². The van der Waals surface area contributed by atoms with E-state index in [0.717, 1.165) is 30.0 Å². The molecule has 1 atom stereocenters. The van der Waals surface area contributed by atoms with Crippen LogP contribution in [0.1, 0.15) is 47.8 Å². The molecule has 1 aliphatic rings. The van der Waals surface area contributed by atoms with E-state index in [-0.39, 0.29) is 5.91 Å². The lowest BCUT2D eigenvalue weighted by Crippen LogP contribution is -2.40. The average Bonchev–Trinajstić information content (AvgIpc) is 3.15. The van der Waals surface area contributed by atoms with Crippen molar-refractivity contribution in [3.63, 3.8) is 0 Å². The molecule has 6 nitrogen and oxygen atoms in total. The largest absolute Gasteiger partial charge is 0.491 e. The first kappa shape index (κ1) is 22.1. The third-order valence-corrected chi connectivity index (χ3v) is 6.21. The summed E-state index contributed by atoms with van der Waals surface area (Å²) in [7, 11) is 0. The Kier molecular flexibility index (Phi) is 6.90. The predicted octanol–water partition coefficient (Wildman–Crippen LogP) is 4.99. The van der Waals surface area contributed by atoms with Crippen LogP contribution in [0.25, 0.3) is 5.69 Å². The smallest absolute Gasteiger partial charge is 0.259 e. The zero-order chi connectivity index (χ0) is 22.5. The molecule has 1 N–H and O–H groups in total. The number of nitrogens with zero attached hydrogens (tertiary/aromatic N) is 3. The van der Waals surface area contributed by atoms with Gasteiger partial charge in [0, 0.05) is 12.6 Å². The van der Waals surface area contributed by atoms with Crippen molar-refractivity contribution < 1.29 is 9.53 Å². The van der Waals surface area contributed by atoms with Gasteiger partial charge in [-0.2, -0.15) is 5.10 Å². The Morgan fingerprint density at radius 1 is 1.16 bits per heavy atom. The Morgan fingerprint density at radius 3 is 2.81 bits per heavy atom. The number of nitrogens with one attached hydrogen (secondary N) is 1. The van der Waals surface area contributed by atoms with Crippen LogP contribution in [0.15, 0.2) is 54.7 Å². The van der Waals surface area contributed by atoms with Gasteiger partial charge in [-0.05, 0) is 70.0 Å². The molecule has 1 aromatic heterocycles. The molecule has 1 aliphatic heterocycles. The van der Waals surface area contributed by atoms with Gasteiger partial charge < -0.3 is 10.1 Å². The maximum absolute atomic E-state index is 13.1. The number of hydrogen-bond donors (Lipinski definition) is 1. The van der Waals surface area contributed by atoms with E-state index in [1.165, 1.54) is 19.3 Å². The van der Waals surface area contributed by atoms with Crippen LogP contribution in [0.3, 0.4) is 0 Å². The number of aromatic nitrogens is 2. The average molecular weight is 433 g/mol. The van der Waals surface area contributed by atoms with Gasteiger partial charge in [-0.1, -0.05) is 30.7 Å². The second kappa shape index (κ2) is 10.0. The lowest BCUT2D eigenvalue weighted by Gasteiger charge is -2.33. The van der Waals surface area contributed by atoms with E-state index >= 15 is 0 Å². The SMILES string of the molecule is Cc1cccc(-n2ncc(NC(=O)c3ccccc3OCCN3CCCCC3C)c2C)c1. The van der Waals surface area contributed by atoms with Crippen molar-refractivity contribution in [1.82, 2.24) is 14.7 Å². The quantitative estimate of drug-likeness (QED) is 0.571. The summed E-state index contributed by atoms with van der Waals surface area (Å²) in [5, 5.41) is 7.48. The van der Waals surface area contributed by atoms with Crippen LogP contribution in [0.5, 0.6) is 5.75 Å². The van der Waals surface area contributed by atoms with Crippen molar-refractivity contribution in [3.05, 3.63) is 71.5 Å². The molecule has 32 heavy (non-hydrogen) atoms. The van der Waals surface area contributed by atoms with Crippen molar-refractivity contribution in [2.45, 2.75) is 46.1 Å². The first-order valence-electron chi connectivity index (χ1n) is 11.4. The highest BCUT2D eigenvalue weighted by atomic mass is 16.5. The molecule has 0 radical (unpaired) electrons. The van der Waals surface area contributed by atoms with Crippen LogP contribution in [0.4, 0.5) is 5.69 Å². The molecule has 0 bridgehead atoms. The molecular weight excluding hydrogens is 400 g/mol. The summed E-state index contributed by atoms with van der Waals surface area (Å²) >= 11 is 0. The third kappa shape index (κ3) is 5.02. The fourth-order valence-electron chi connectivity index (χ4n) is 4.28. The van der Waals surface area contributed by atoms with Crippen molar-refractivity contribution >= 4 is 11.6 Å². The number of piperidine rings is 1. The molecule has 168 valence electrons. The lowest BCUT2D eigenvalue weighted by molar-refractivity contribution is 0.101. The lowest BCUT2D eigenvalue weighted by atomic mass is 10.0. The van der Waals surface area contributed by atoms with E-state index in [4.69, 9.17) is 4.74 Å². The standard InChI is InChI=1S/C26H32N4O2/c1-19-9-8-11-22(17-19)30-21(3)24(18-27-30)28-26(31)23-12-4-5-13-25(23)32-16-15-29-14-7-6-10-20(29)2/h4-5,8-9,11-13,17-18,20H,6-7,10,14-16H2,1-3H3,(H,28,31). The van der Waals surface area contributed by atoms with Crippen molar-refractivity contribution in [2.24, 2.45) is 0 Å². The maximum atomic E-state index is 13.1. The second-order valence-electron chi connectivity index (χ2n) is 8.57. The van der Waals surface area contributed by atoms with Gasteiger partial charge in [0.05, 0.1) is 28.8 Å². The Bertz CT molecular complexity index is 1080. The molecule has 2 aromatic carbocycles. The number of carbonyl (C=O) groups is 1. The predicted molar refractivity (Wildman–Crippen MR) is 128 cm³/mol. The van der Waals surface area contributed by atoms with Gasteiger partial charge in [0.2, 0.25) is 0 Å². The first-order valence-corrected chi connectivity index (χ1v) is 11.4. The van der Waals surface area contributed by atoms with Gasteiger partial charge in [0.25, 0.3) is 5.91 Å². The molecule has 1 unspecified atom stereocenters. The summed E-state index contributed by atoms with van der Waals surface area (Å²) in [6.07, 6.45) is 5.49. The van der Waals surface area contributed by atoms with Gasteiger partial charge >= 0.3 is 0 Å². The minimum Gasteiger partial charge on any atom is -0.491 e. The summed E-state index contributed by atoms with van der Waals surface area (Å²) in [5.74, 6) is 0.414. The van der Waals surface area contributed by atoms with Crippen LogP contribution in [0, 0.1) is 13.8 Å². The molecule has 4 rings (SSSR count). The monoisotopic (exact) mass is 432 g/mol. The molecule has 1 fully saturated rings. The summed E-state index contributed by atoms with van der Waals surface area (Å²) in [4.78, 5) is 15.5. The first-order chi connectivity index (χ1) is 15.5. The Hall–Kier alpha value is -3.12. The third-order valence-electron chi connectivity index (χ3n) is 6.21. The van der Waals surface area contributed by atoms with Crippen LogP contribution < -0.4 is 10.1 Å². The molecule has 6 heteroatoms. The number of aryl methyl sites for hydroxylation is 1. The summed E-state index contributed by atoms with van der Waals surface area (Å²) in [6, 6.07) is 16.1. The molecular formula is C26H32N4O2. The number of benzene rings is 2. The number of amides is 1. The number of ether oxygens (including phenoxy) is 1. The van der Waals surface area contributed by atoms with E-state index < -0.39 is 0 Å². The minimum atomic E-state index is -0.196. The maximum Gasteiger partial charge on any atom is 0.259 e.